The van der Waals surface area contributed by atoms with Crippen molar-refractivity contribution in [2.75, 3.05) is 6.54 Å². The molecule has 0 radical (unpaired) electrons. The Bertz CT molecular complexity index is 607. The molecule has 9 heteroatoms. The predicted octanol–water partition coefficient (Wildman–Crippen LogP) is 2.50. The van der Waals surface area contributed by atoms with E-state index >= 15 is 0 Å². The van der Waals surface area contributed by atoms with Gasteiger partial charge in [-0.3, -0.25) is 0 Å². The monoisotopic (exact) mass is 326 g/mol. The molecule has 1 aliphatic rings. The van der Waals surface area contributed by atoms with Gasteiger partial charge in [0.1, 0.15) is 15.4 Å². The maximum absolute atomic E-state index is 12.4. The van der Waals surface area contributed by atoms with Crippen molar-refractivity contribution in [3.63, 3.8) is 0 Å². The molecule has 1 aromatic heterocycles. The summed E-state index contributed by atoms with van der Waals surface area (Å²) in [5.41, 5.74) is 0. The van der Waals surface area contributed by atoms with Crippen LogP contribution in [-0.4, -0.2) is 31.5 Å². The van der Waals surface area contributed by atoms with E-state index in [2.05, 4.69) is 4.99 Å². The Morgan fingerprint density at radius 3 is 2.78 bits per heavy atom. The van der Waals surface area contributed by atoms with Gasteiger partial charge in [-0.1, -0.05) is 23.2 Å². The summed E-state index contributed by atoms with van der Waals surface area (Å²) < 4.78 is 26.3. The second-order valence-corrected chi connectivity index (χ2v) is 7.79. The van der Waals surface area contributed by atoms with Gasteiger partial charge >= 0.3 is 0 Å². The number of sulfonamides is 1. The molecule has 0 saturated carbocycles. The Labute approximate surface area is 118 Å². The highest BCUT2D eigenvalue weighted by Crippen LogP contribution is 2.37. The number of rotatable bonds is 3. The van der Waals surface area contributed by atoms with Crippen LogP contribution in [0.25, 0.3) is 0 Å². The highest BCUT2D eigenvalue weighted by Gasteiger charge is 2.37. The third-order valence-corrected chi connectivity index (χ3v) is 6.24. The van der Waals surface area contributed by atoms with Gasteiger partial charge < -0.3 is 0 Å². The van der Waals surface area contributed by atoms with Gasteiger partial charge in [-0.05, 0) is 18.9 Å². The molecule has 5 nitrogen and oxygen atoms in total. The number of aliphatic imine (C=N–C) groups is 1. The summed E-state index contributed by atoms with van der Waals surface area (Å²) in [7, 11) is -3.77. The van der Waals surface area contributed by atoms with Gasteiger partial charge in [0.25, 0.3) is 0 Å². The molecule has 1 aromatic rings. The number of hydrogen-bond donors (Lipinski definition) is 0. The molecule has 18 heavy (non-hydrogen) atoms. The first-order valence-electron chi connectivity index (χ1n) is 5.00. The van der Waals surface area contributed by atoms with Gasteiger partial charge in [-0.2, -0.15) is 9.30 Å². The van der Waals surface area contributed by atoms with Crippen molar-refractivity contribution in [1.29, 1.82) is 0 Å². The van der Waals surface area contributed by atoms with E-state index < -0.39 is 16.2 Å². The summed E-state index contributed by atoms with van der Waals surface area (Å²) in [5.74, 6) is 0. The van der Waals surface area contributed by atoms with E-state index in [0.717, 1.165) is 15.6 Å². The molecular weight excluding hydrogens is 319 g/mol. The summed E-state index contributed by atoms with van der Waals surface area (Å²) in [5, 5.41) is 0. The van der Waals surface area contributed by atoms with E-state index in [4.69, 9.17) is 23.2 Å². The molecule has 0 aromatic carbocycles. The van der Waals surface area contributed by atoms with Crippen LogP contribution in [0.1, 0.15) is 12.8 Å². The highest BCUT2D eigenvalue weighted by atomic mass is 35.5. The fourth-order valence-corrected chi connectivity index (χ4v) is 5.53. The van der Waals surface area contributed by atoms with E-state index in [1.807, 2.05) is 0 Å². The van der Waals surface area contributed by atoms with Crippen LogP contribution >= 0.6 is 34.5 Å². The normalized spacial score (nSPS) is 20.9. The SMILES string of the molecule is O=C=NC1CCCN1S(=O)(=O)c1cc(Cl)sc1Cl. The van der Waals surface area contributed by atoms with E-state index in [9.17, 15) is 13.2 Å². The molecule has 1 saturated heterocycles. The highest BCUT2D eigenvalue weighted by molar-refractivity contribution is 7.89. The second kappa shape index (κ2) is 5.28. The van der Waals surface area contributed by atoms with Crippen molar-refractivity contribution in [3.05, 3.63) is 14.7 Å². The van der Waals surface area contributed by atoms with Crippen LogP contribution in [0.2, 0.25) is 8.67 Å². The lowest BCUT2D eigenvalue weighted by atomic mass is 10.3. The molecule has 0 N–H and O–H groups in total. The summed E-state index contributed by atoms with van der Waals surface area (Å²) in [6.07, 6.45) is 1.85. The van der Waals surface area contributed by atoms with E-state index in [-0.39, 0.29) is 9.23 Å². The summed E-state index contributed by atoms with van der Waals surface area (Å²) in [6.45, 7) is 0.308. The maximum Gasteiger partial charge on any atom is 0.247 e. The Balaban J connectivity index is 2.42. The first-order valence-corrected chi connectivity index (χ1v) is 8.01. The number of carbonyl (C=O) groups excluding carboxylic acids is 1. The van der Waals surface area contributed by atoms with E-state index in [1.54, 1.807) is 0 Å². The van der Waals surface area contributed by atoms with Gasteiger partial charge in [0.2, 0.25) is 16.1 Å². The number of isocyanates is 1. The molecule has 1 atom stereocenters. The maximum atomic E-state index is 12.4. The van der Waals surface area contributed by atoms with Gasteiger partial charge in [0.05, 0.1) is 4.34 Å². The molecule has 98 valence electrons. The van der Waals surface area contributed by atoms with Crippen molar-refractivity contribution in [1.82, 2.24) is 4.31 Å². The minimum absolute atomic E-state index is 0.0350. The molecule has 0 aliphatic carbocycles. The summed E-state index contributed by atoms with van der Waals surface area (Å²) >= 11 is 12.6. The third-order valence-electron chi connectivity index (χ3n) is 2.59. The van der Waals surface area contributed by atoms with Crippen molar-refractivity contribution in [3.8, 4) is 0 Å². The molecule has 0 spiro atoms. The summed E-state index contributed by atoms with van der Waals surface area (Å²) in [4.78, 5) is 13.7. The number of hydrogen-bond acceptors (Lipinski definition) is 5. The van der Waals surface area contributed by atoms with Crippen molar-refractivity contribution >= 4 is 50.6 Å². The molecule has 2 heterocycles. The van der Waals surface area contributed by atoms with E-state index in [0.29, 0.717) is 23.7 Å². The van der Waals surface area contributed by atoms with Gasteiger partial charge in [0, 0.05) is 6.54 Å². The lowest BCUT2D eigenvalue weighted by Crippen LogP contribution is -2.34. The predicted molar refractivity (Wildman–Crippen MR) is 69.4 cm³/mol. The minimum atomic E-state index is -3.77. The lowest BCUT2D eigenvalue weighted by Gasteiger charge is -2.19. The summed E-state index contributed by atoms with van der Waals surface area (Å²) in [6, 6.07) is 1.31. The number of thiophene rings is 1. The van der Waals surface area contributed by atoms with Gasteiger partial charge in [0.15, 0.2) is 0 Å². The van der Waals surface area contributed by atoms with Gasteiger partial charge in [-0.25, -0.2) is 13.2 Å². The van der Waals surface area contributed by atoms with E-state index in [1.165, 1.54) is 12.1 Å². The van der Waals surface area contributed by atoms with Crippen LogP contribution in [-0.2, 0) is 14.8 Å². The van der Waals surface area contributed by atoms with Crippen LogP contribution in [0.15, 0.2) is 16.0 Å². The number of nitrogens with zero attached hydrogens (tertiary/aromatic N) is 2. The zero-order valence-corrected chi connectivity index (χ0v) is 12.1. The first-order chi connectivity index (χ1) is 8.46. The smallest absolute Gasteiger partial charge is 0.211 e. The quantitative estimate of drug-likeness (QED) is 0.633. The molecule has 1 unspecified atom stereocenters. The van der Waals surface area contributed by atoms with Crippen LogP contribution in [0.5, 0.6) is 0 Å². The Hall–Kier alpha value is -0.430. The second-order valence-electron chi connectivity index (χ2n) is 3.65. The molecule has 0 bridgehead atoms. The Morgan fingerprint density at radius 2 is 2.22 bits per heavy atom. The van der Waals surface area contributed by atoms with Crippen LogP contribution < -0.4 is 0 Å². The largest absolute Gasteiger partial charge is 0.247 e. The first kappa shape index (κ1) is 14.0. The third kappa shape index (κ3) is 2.47. The average molecular weight is 327 g/mol. The fourth-order valence-electron chi connectivity index (χ4n) is 1.82. The van der Waals surface area contributed by atoms with Crippen molar-refractivity contribution in [2.24, 2.45) is 4.99 Å². The van der Waals surface area contributed by atoms with Crippen LogP contribution in [0, 0.1) is 0 Å². The Morgan fingerprint density at radius 1 is 1.50 bits per heavy atom. The standard InChI is InChI=1S/C9H8Cl2N2O3S2/c10-7-4-6(9(11)17-7)18(15,16)13-3-1-2-8(13)12-5-14/h4,8H,1-3H2. The topological polar surface area (TPSA) is 66.8 Å². The molecular formula is C9H8Cl2N2O3S2. The zero-order chi connectivity index (χ0) is 13.3. The molecule has 1 aliphatic heterocycles. The minimum Gasteiger partial charge on any atom is -0.211 e. The Kier molecular flexibility index (Phi) is 4.11. The molecule has 0 amide bonds. The zero-order valence-electron chi connectivity index (χ0n) is 8.97. The van der Waals surface area contributed by atoms with Crippen molar-refractivity contribution in [2.45, 2.75) is 23.9 Å². The molecule has 2 rings (SSSR count). The average Bonchev–Trinajstić information content (AvgIpc) is 2.86. The molecule has 1 fully saturated rings. The van der Waals surface area contributed by atoms with Gasteiger partial charge in [-0.15, -0.1) is 11.3 Å². The lowest BCUT2D eigenvalue weighted by molar-refractivity contribution is 0.396. The van der Waals surface area contributed by atoms with Crippen molar-refractivity contribution < 1.29 is 13.2 Å². The number of halogens is 2. The van der Waals surface area contributed by atoms with Crippen LogP contribution in [0.3, 0.4) is 0 Å². The van der Waals surface area contributed by atoms with Crippen LogP contribution in [0.4, 0.5) is 0 Å². The fraction of sp³-hybridized carbons (Fsp3) is 0.444.